The molecular formula is C22H39IN4OS. The molecule has 29 heavy (non-hydrogen) atoms. The minimum atomic E-state index is 0. The van der Waals surface area contributed by atoms with E-state index in [1.807, 2.05) is 11.8 Å². The first-order valence-electron chi connectivity index (χ1n) is 10.7. The lowest BCUT2D eigenvalue weighted by Gasteiger charge is -2.32. The molecule has 0 aromatic heterocycles. The Bertz CT molecular complexity index is 539. The number of aliphatic imine (C=N–C) groups is 1. The molecule has 0 bridgehead atoms. The SMILES string of the molecule is CCNC(=NCCCSC)NCCCOC1CCN(Cc2ccccc2)CC1.I. The number of thioether (sulfide) groups is 1. The van der Waals surface area contributed by atoms with Crippen LogP contribution in [-0.4, -0.2) is 68.3 Å². The Labute approximate surface area is 198 Å². The van der Waals surface area contributed by atoms with Gasteiger partial charge in [0, 0.05) is 45.9 Å². The van der Waals surface area contributed by atoms with Crippen molar-refractivity contribution in [2.24, 2.45) is 4.99 Å². The van der Waals surface area contributed by atoms with Crippen LogP contribution in [-0.2, 0) is 11.3 Å². The summed E-state index contributed by atoms with van der Waals surface area (Å²) in [6.45, 7) is 8.92. The summed E-state index contributed by atoms with van der Waals surface area (Å²) >= 11 is 1.88. The zero-order chi connectivity index (χ0) is 19.9. The average molecular weight is 535 g/mol. The predicted molar refractivity (Wildman–Crippen MR) is 138 cm³/mol. The smallest absolute Gasteiger partial charge is 0.191 e. The molecule has 0 spiro atoms. The van der Waals surface area contributed by atoms with Gasteiger partial charge in [0.05, 0.1) is 6.10 Å². The Balaban J connectivity index is 0.00000420. The second-order valence-electron chi connectivity index (χ2n) is 7.22. The highest BCUT2D eigenvalue weighted by atomic mass is 127. The van der Waals surface area contributed by atoms with Crippen LogP contribution < -0.4 is 10.6 Å². The van der Waals surface area contributed by atoms with Crippen molar-refractivity contribution >= 4 is 41.7 Å². The molecule has 0 atom stereocenters. The van der Waals surface area contributed by atoms with Crippen molar-refractivity contribution in [3.63, 3.8) is 0 Å². The number of benzene rings is 1. The highest BCUT2D eigenvalue weighted by molar-refractivity contribution is 14.0. The number of ether oxygens (including phenoxy) is 1. The summed E-state index contributed by atoms with van der Waals surface area (Å²) in [6, 6.07) is 10.7. The van der Waals surface area contributed by atoms with Gasteiger partial charge in [-0.1, -0.05) is 30.3 Å². The molecule has 166 valence electrons. The lowest BCUT2D eigenvalue weighted by Crippen LogP contribution is -2.39. The summed E-state index contributed by atoms with van der Waals surface area (Å²) in [5.74, 6) is 2.10. The largest absolute Gasteiger partial charge is 0.378 e. The maximum Gasteiger partial charge on any atom is 0.191 e. The van der Waals surface area contributed by atoms with Gasteiger partial charge in [-0.15, -0.1) is 24.0 Å². The summed E-state index contributed by atoms with van der Waals surface area (Å²) in [6.07, 6.45) is 6.98. The van der Waals surface area contributed by atoms with Crippen LogP contribution in [0.3, 0.4) is 0 Å². The number of nitrogens with zero attached hydrogens (tertiary/aromatic N) is 2. The monoisotopic (exact) mass is 534 g/mol. The molecule has 0 saturated carbocycles. The van der Waals surface area contributed by atoms with Gasteiger partial charge in [-0.25, -0.2) is 0 Å². The van der Waals surface area contributed by atoms with Crippen molar-refractivity contribution in [1.29, 1.82) is 0 Å². The van der Waals surface area contributed by atoms with E-state index in [2.05, 4.69) is 64.0 Å². The van der Waals surface area contributed by atoms with Gasteiger partial charge >= 0.3 is 0 Å². The van der Waals surface area contributed by atoms with Crippen molar-refractivity contribution in [2.45, 2.75) is 45.3 Å². The third-order valence-corrected chi connectivity index (χ3v) is 5.57. The number of likely N-dealkylation sites (tertiary alicyclic amines) is 1. The molecule has 1 aliphatic heterocycles. The number of piperidine rings is 1. The third-order valence-electron chi connectivity index (χ3n) is 4.87. The second-order valence-corrected chi connectivity index (χ2v) is 8.20. The van der Waals surface area contributed by atoms with E-state index in [1.54, 1.807) is 0 Å². The lowest BCUT2D eigenvalue weighted by molar-refractivity contribution is 0.00534. The van der Waals surface area contributed by atoms with Crippen LogP contribution in [0.25, 0.3) is 0 Å². The number of rotatable bonds is 12. The summed E-state index contributed by atoms with van der Waals surface area (Å²) in [7, 11) is 0. The molecule has 2 rings (SSSR count). The summed E-state index contributed by atoms with van der Waals surface area (Å²) in [5.41, 5.74) is 1.40. The quantitative estimate of drug-likeness (QED) is 0.184. The number of hydrogen-bond acceptors (Lipinski definition) is 4. The van der Waals surface area contributed by atoms with E-state index in [9.17, 15) is 0 Å². The number of nitrogens with one attached hydrogen (secondary N) is 2. The Hall–Kier alpha value is -0.510. The van der Waals surface area contributed by atoms with Crippen LogP contribution >= 0.6 is 35.7 Å². The van der Waals surface area contributed by atoms with Crippen LogP contribution in [0.2, 0.25) is 0 Å². The van der Waals surface area contributed by atoms with Gasteiger partial charge in [0.1, 0.15) is 0 Å². The molecule has 1 heterocycles. The van der Waals surface area contributed by atoms with E-state index in [0.29, 0.717) is 6.10 Å². The Morgan fingerprint density at radius 2 is 1.93 bits per heavy atom. The van der Waals surface area contributed by atoms with Gasteiger partial charge in [0.15, 0.2) is 5.96 Å². The van der Waals surface area contributed by atoms with Crippen molar-refractivity contribution in [3.8, 4) is 0 Å². The van der Waals surface area contributed by atoms with E-state index in [1.165, 1.54) is 11.3 Å². The van der Waals surface area contributed by atoms with Crippen LogP contribution in [0, 0.1) is 0 Å². The van der Waals surface area contributed by atoms with Gasteiger partial charge in [-0.05, 0) is 50.2 Å². The Morgan fingerprint density at radius 1 is 1.17 bits per heavy atom. The van der Waals surface area contributed by atoms with Crippen molar-refractivity contribution < 1.29 is 4.74 Å². The van der Waals surface area contributed by atoms with Crippen molar-refractivity contribution in [1.82, 2.24) is 15.5 Å². The Kier molecular flexibility index (Phi) is 15.7. The normalized spacial score (nSPS) is 15.7. The first kappa shape index (κ1) is 26.5. The molecule has 0 aliphatic carbocycles. The minimum absolute atomic E-state index is 0. The fourth-order valence-electron chi connectivity index (χ4n) is 3.35. The van der Waals surface area contributed by atoms with E-state index >= 15 is 0 Å². The predicted octanol–water partition coefficient (Wildman–Crippen LogP) is 3.98. The van der Waals surface area contributed by atoms with Gasteiger partial charge < -0.3 is 15.4 Å². The molecule has 1 saturated heterocycles. The van der Waals surface area contributed by atoms with Crippen LogP contribution in [0.1, 0.15) is 38.2 Å². The molecule has 1 aliphatic rings. The summed E-state index contributed by atoms with van der Waals surface area (Å²) in [5, 5.41) is 6.72. The van der Waals surface area contributed by atoms with E-state index in [4.69, 9.17) is 4.74 Å². The van der Waals surface area contributed by atoms with Gasteiger partial charge in [0.25, 0.3) is 0 Å². The second kappa shape index (κ2) is 17.2. The molecule has 1 aromatic rings. The van der Waals surface area contributed by atoms with E-state index < -0.39 is 0 Å². The summed E-state index contributed by atoms with van der Waals surface area (Å²) in [4.78, 5) is 7.15. The lowest BCUT2D eigenvalue weighted by atomic mass is 10.1. The number of guanidine groups is 1. The van der Waals surface area contributed by atoms with Gasteiger partial charge in [-0.2, -0.15) is 11.8 Å². The Morgan fingerprint density at radius 3 is 2.62 bits per heavy atom. The molecular weight excluding hydrogens is 495 g/mol. The highest BCUT2D eigenvalue weighted by Gasteiger charge is 2.19. The topological polar surface area (TPSA) is 48.9 Å². The molecule has 0 amide bonds. The molecule has 0 unspecified atom stereocenters. The standard InChI is InChI=1S/C22H38N4OS.HI/c1-3-23-22(25-14-8-18-28-2)24-13-7-17-27-21-11-15-26(16-12-21)19-20-9-5-4-6-10-20;/h4-6,9-10,21H,3,7-8,11-19H2,1-2H3,(H2,23,24,25);1H. The van der Waals surface area contributed by atoms with Crippen molar-refractivity contribution in [2.75, 3.05) is 51.3 Å². The molecule has 5 nitrogen and oxygen atoms in total. The molecule has 7 heteroatoms. The minimum Gasteiger partial charge on any atom is -0.378 e. The maximum absolute atomic E-state index is 6.11. The van der Waals surface area contributed by atoms with Gasteiger partial charge in [0.2, 0.25) is 0 Å². The van der Waals surface area contributed by atoms with Gasteiger partial charge in [-0.3, -0.25) is 9.89 Å². The average Bonchev–Trinajstić information content (AvgIpc) is 2.73. The van der Waals surface area contributed by atoms with Crippen LogP contribution in [0.5, 0.6) is 0 Å². The van der Waals surface area contributed by atoms with E-state index in [-0.39, 0.29) is 24.0 Å². The first-order chi connectivity index (χ1) is 13.8. The number of hydrogen-bond donors (Lipinski definition) is 2. The maximum atomic E-state index is 6.11. The summed E-state index contributed by atoms with van der Waals surface area (Å²) < 4.78 is 6.11. The zero-order valence-corrected chi connectivity index (χ0v) is 21.2. The zero-order valence-electron chi connectivity index (χ0n) is 18.1. The third kappa shape index (κ3) is 12.1. The van der Waals surface area contributed by atoms with Crippen LogP contribution in [0.15, 0.2) is 35.3 Å². The number of halogens is 1. The van der Waals surface area contributed by atoms with E-state index in [0.717, 1.165) is 77.5 Å². The first-order valence-corrected chi connectivity index (χ1v) is 12.1. The molecule has 1 aromatic carbocycles. The molecule has 0 radical (unpaired) electrons. The molecule has 2 N–H and O–H groups in total. The van der Waals surface area contributed by atoms with Crippen LogP contribution in [0.4, 0.5) is 0 Å². The molecule has 1 fully saturated rings. The fraction of sp³-hybridized carbons (Fsp3) is 0.682. The fourth-order valence-corrected chi connectivity index (χ4v) is 3.76. The highest BCUT2D eigenvalue weighted by Crippen LogP contribution is 2.16. The van der Waals surface area contributed by atoms with Crippen molar-refractivity contribution in [3.05, 3.63) is 35.9 Å².